The quantitative estimate of drug-likeness (QED) is 0.511. The van der Waals surface area contributed by atoms with Crippen LogP contribution in [-0.4, -0.2) is 48.2 Å². The number of hydrogen-bond acceptors (Lipinski definition) is 4. The maximum atomic E-state index is 12.5. The molecule has 154 valence electrons. The van der Waals surface area contributed by atoms with E-state index in [1.165, 1.54) is 38.5 Å². The second kappa shape index (κ2) is 7.55. The molecule has 5 heteroatoms. The van der Waals surface area contributed by atoms with Crippen molar-refractivity contribution < 1.29 is 19.0 Å². The minimum absolute atomic E-state index is 0.0895. The number of amides is 1. The molecule has 0 spiro atoms. The summed E-state index contributed by atoms with van der Waals surface area (Å²) in [5.41, 5.74) is -0.367. The normalized spacial score (nSPS) is 38.3. The summed E-state index contributed by atoms with van der Waals surface area (Å²) in [6.45, 7) is 7.42. The van der Waals surface area contributed by atoms with E-state index in [1.54, 1.807) is 0 Å². The Morgan fingerprint density at radius 1 is 1.04 bits per heavy atom. The molecule has 0 N–H and O–H groups in total. The maximum Gasteiger partial charge on any atom is 0.410 e. The summed E-state index contributed by atoms with van der Waals surface area (Å²) < 4.78 is 17.9. The number of nitrogens with zero attached hydrogens (tertiary/aromatic N) is 1. The Labute approximate surface area is 164 Å². The first kappa shape index (κ1) is 19.5. The highest BCUT2D eigenvalue weighted by atomic mass is 16.7. The number of ether oxygens (including phenoxy) is 3. The van der Waals surface area contributed by atoms with Gasteiger partial charge in [-0.3, -0.25) is 0 Å². The van der Waals surface area contributed by atoms with Gasteiger partial charge in [-0.2, -0.15) is 0 Å². The van der Waals surface area contributed by atoms with Crippen molar-refractivity contribution in [3.8, 4) is 0 Å². The molecule has 0 aromatic carbocycles. The summed E-state index contributed by atoms with van der Waals surface area (Å²) in [4.78, 5) is 14.4. The van der Waals surface area contributed by atoms with Gasteiger partial charge < -0.3 is 19.1 Å². The monoisotopic (exact) mass is 379 g/mol. The lowest BCUT2D eigenvalue weighted by Gasteiger charge is -2.56. The van der Waals surface area contributed by atoms with E-state index in [-0.39, 0.29) is 17.7 Å². The second-order valence-electron chi connectivity index (χ2n) is 10.6. The molecule has 27 heavy (non-hydrogen) atoms. The molecule has 5 rings (SSSR count). The Morgan fingerprint density at radius 2 is 1.67 bits per heavy atom. The average molecular weight is 380 g/mol. The standard InChI is InChI=1S/C22H37NO4/c1-21(2,3)27-20(24)23-7-5-4-6-19(23)14-25-15-26-22-11-16-8-17(12-22)10-18(9-16)13-22/h16-19H,4-15H2,1-3H3. The zero-order valence-corrected chi connectivity index (χ0v) is 17.4. The van der Waals surface area contributed by atoms with Crippen molar-refractivity contribution >= 4 is 6.09 Å². The Kier molecular flexibility index (Phi) is 5.45. The van der Waals surface area contributed by atoms with Crippen LogP contribution in [0, 0.1) is 17.8 Å². The number of likely N-dealkylation sites (tertiary alicyclic amines) is 1. The first-order valence-corrected chi connectivity index (χ1v) is 11.0. The van der Waals surface area contributed by atoms with Crippen molar-refractivity contribution in [1.29, 1.82) is 0 Å². The van der Waals surface area contributed by atoms with Crippen LogP contribution in [0.5, 0.6) is 0 Å². The molecule has 5 aliphatic rings. The van der Waals surface area contributed by atoms with Gasteiger partial charge in [0.05, 0.1) is 18.2 Å². The largest absolute Gasteiger partial charge is 0.444 e. The molecule has 0 aromatic heterocycles. The molecule has 0 aromatic rings. The minimum atomic E-state index is -0.457. The lowest BCUT2D eigenvalue weighted by Crippen LogP contribution is -2.52. The SMILES string of the molecule is CC(C)(C)OC(=O)N1CCCCC1COCOC12CC3CC(CC(C3)C1)C2. The second-order valence-corrected chi connectivity index (χ2v) is 10.6. The molecule has 5 nitrogen and oxygen atoms in total. The van der Waals surface area contributed by atoms with Crippen LogP contribution in [0.2, 0.25) is 0 Å². The van der Waals surface area contributed by atoms with Gasteiger partial charge in [-0.25, -0.2) is 4.79 Å². The highest BCUT2D eigenvalue weighted by molar-refractivity contribution is 5.68. The summed E-state index contributed by atoms with van der Waals surface area (Å²) in [6, 6.07) is 0.105. The average Bonchev–Trinajstić information content (AvgIpc) is 2.56. The molecule has 1 heterocycles. The Hall–Kier alpha value is -0.810. The number of hydrogen-bond donors (Lipinski definition) is 0. The van der Waals surface area contributed by atoms with Gasteiger partial charge in [0.25, 0.3) is 0 Å². The smallest absolute Gasteiger partial charge is 0.410 e. The Balaban J connectivity index is 1.25. The molecular formula is C22H37NO4. The Bertz CT molecular complexity index is 506. The van der Waals surface area contributed by atoms with E-state index in [1.807, 2.05) is 25.7 Å². The van der Waals surface area contributed by atoms with E-state index in [2.05, 4.69) is 0 Å². The van der Waals surface area contributed by atoms with Crippen molar-refractivity contribution in [2.75, 3.05) is 19.9 Å². The highest BCUT2D eigenvalue weighted by Crippen LogP contribution is 2.57. The summed E-state index contributed by atoms with van der Waals surface area (Å²) in [6.07, 6.45) is 10.9. The molecule has 1 amide bonds. The van der Waals surface area contributed by atoms with E-state index in [0.717, 1.165) is 43.6 Å². The van der Waals surface area contributed by atoms with Crippen LogP contribution < -0.4 is 0 Å². The molecule has 1 unspecified atom stereocenters. The lowest BCUT2D eigenvalue weighted by atomic mass is 9.54. The fourth-order valence-electron chi connectivity index (χ4n) is 6.29. The van der Waals surface area contributed by atoms with Gasteiger partial charge in [-0.05, 0) is 96.3 Å². The van der Waals surface area contributed by atoms with Crippen molar-refractivity contribution in [1.82, 2.24) is 4.90 Å². The molecule has 0 radical (unpaired) electrons. The van der Waals surface area contributed by atoms with E-state index in [9.17, 15) is 4.79 Å². The zero-order chi connectivity index (χ0) is 19.1. The highest BCUT2D eigenvalue weighted by Gasteiger charge is 2.51. The fourth-order valence-corrected chi connectivity index (χ4v) is 6.29. The van der Waals surface area contributed by atoms with Crippen LogP contribution in [0.4, 0.5) is 4.79 Å². The molecule has 4 bridgehead atoms. The predicted octanol–water partition coefficient (Wildman–Crippen LogP) is 4.74. The molecule has 4 saturated carbocycles. The molecule has 4 aliphatic carbocycles. The van der Waals surface area contributed by atoms with E-state index < -0.39 is 5.60 Å². The van der Waals surface area contributed by atoms with Crippen LogP contribution in [0.15, 0.2) is 0 Å². The van der Waals surface area contributed by atoms with Crippen molar-refractivity contribution in [2.24, 2.45) is 17.8 Å². The van der Waals surface area contributed by atoms with Crippen LogP contribution in [0.3, 0.4) is 0 Å². The van der Waals surface area contributed by atoms with Gasteiger partial charge >= 0.3 is 6.09 Å². The molecule has 1 saturated heterocycles. The van der Waals surface area contributed by atoms with Crippen molar-refractivity contribution in [3.05, 3.63) is 0 Å². The number of carbonyl (C=O) groups is 1. The van der Waals surface area contributed by atoms with Crippen molar-refractivity contribution in [3.63, 3.8) is 0 Å². The third-order valence-corrected chi connectivity index (χ3v) is 7.00. The molecule has 5 fully saturated rings. The first-order valence-electron chi connectivity index (χ1n) is 11.0. The van der Waals surface area contributed by atoms with E-state index >= 15 is 0 Å². The van der Waals surface area contributed by atoms with Crippen LogP contribution >= 0.6 is 0 Å². The maximum absolute atomic E-state index is 12.5. The fraction of sp³-hybridized carbons (Fsp3) is 0.955. The zero-order valence-electron chi connectivity index (χ0n) is 17.4. The number of carbonyl (C=O) groups excluding carboxylic acids is 1. The summed E-state index contributed by atoms with van der Waals surface area (Å²) >= 11 is 0. The van der Waals surface area contributed by atoms with Crippen LogP contribution in [-0.2, 0) is 14.2 Å². The van der Waals surface area contributed by atoms with Gasteiger partial charge in [-0.1, -0.05) is 0 Å². The first-order chi connectivity index (χ1) is 12.8. The number of rotatable bonds is 5. The topological polar surface area (TPSA) is 48.0 Å². The molecule has 1 aliphatic heterocycles. The summed E-state index contributed by atoms with van der Waals surface area (Å²) in [7, 11) is 0. The lowest BCUT2D eigenvalue weighted by molar-refractivity contribution is -0.211. The number of piperidine rings is 1. The van der Waals surface area contributed by atoms with Gasteiger partial charge in [0, 0.05) is 6.54 Å². The Morgan fingerprint density at radius 3 is 2.26 bits per heavy atom. The third-order valence-electron chi connectivity index (χ3n) is 7.00. The third kappa shape index (κ3) is 4.61. The van der Waals surface area contributed by atoms with Gasteiger partial charge in [0.1, 0.15) is 12.4 Å². The van der Waals surface area contributed by atoms with Crippen molar-refractivity contribution in [2.45, 2.75) is 95.8 Å². The van der Waals surface area contributed by atoms with Crippen LogP contribution in [0.1, 0.15) is 78.6 Å². The van der Waals surface area contributed by atoms with Crippen LogP contribution in [0.25, 0.3) is 0 Å². The predicted molar refractivity (Wildman–Crippen MR) is 103 cm³/mol. The molecule has 1 atom stereocenters. The van der Waals surface area contributed by atoms with Gasteiger partial charge in [-0.15, -0.1) is 0 Å². The summed E-state index contributed by atoms with van der Waals surface area (Å²) in [5.74, 6) is 2.66. The van der Waals surface area contributed by atoms with E-state index in [0.29, 0.717) is 13.4 Å². The molecular weight excluding hydrogens is 342 g/mol. The minimum Gasteiger partial charge on any atom is -0.444 e. The van der Waals surface area contributed by atoms with Gasteiger partial charge in [0.15, 0.2) is 0 Å². The van der Waals surface area contributed by atoms with Gasteiger partial charge in [0.2, 0.25) is 0 Å². The summed E-state index contributed by atoms with van der Waals surface area (Å²) in [5, 5.41) is 0. The van der Waals surface area contributed by atoms with E-state index in [4.69, 9.17) is 14.2 Å².